The third kappa shape index (κ3) is 17.8. The Morgan fingerprint density at radius 2 is 0.904 bits per heavy atom. The van der Waals surface area contributed by atoms with Gasteiger partial charge in [-0.3, -0.25) is 63.2 Å². The maximum Gasteiger partial charge on any atom is 0.249 e. The van der Waals surface area contributed by atoms with Crippen LogP contribution in [0.3, 0.4) is 0 Å². The average Bonchev–Trinajstić information content (AvgIpc) is 1.56. The number of amides is 4. The normalized spacial score (nSPS) is 18.3. The van der Waals surface area contributed by atoms with Crippen LogP contribution in [0.1, 0.15) is 148 Å². The van der Waals surface area contributed by atoms with Gasteiger partial charge in [-0.1, -0.05) is 78.9 Å². The van der Waals surface area contributed by atoms with Crippen LogP contribution < -0.4 is 36.4 Å². The van der Waals surface area contributed by atoms with E-state index >= 15 is 0 Å². The smallest absolute Gasteiger partial charge is 0.249 e. The lowest BCUT2D eigenvalue weighted by Crippen LogP contribution is -2.47. The topological polar surface area (TPSA) is 277 Å². The Bertz CT molecular complexity index is 5180. The van der Waals surface area contributed by atoms with Crippen LogP contribution in [0, 0.1) is 13.8 Å². The molecule has 5 N–H and O–H groups in total. The lowest BCUT2D eigenvalue weighted by molar-refractivity contribution is -0.135. The first-order chi connectivity index (χ1) is 55.1. The summed E-state index contributed by atoms with van der Waals surface area (Å²) in [5.74, 6) is 2.69. The van der Waals surface area contributed by atoms with Gasteiger partial charge in [0.1, 0.15) is 41.1 Å². The number of carbonyl (C=O) groups excluding carboxylic acids is 5. The van der Waals surface area contributed by atoms with Gasteiger partial charge in [0.25, 0.3) is 0 Å². The first-order valence-corrected chi connectivity index (χ1v) is 40.6. The SMILES string of the molecule is Cc1nnc2n1-c1ccc(-c3cnn(CCCCCC=O)c3)cc1C(c1ccc(Cl)cc1)=NC21CC1.Cc1nnc2n1-c1ccc(-c3cnn(CCCCCCN4CCN(c5ccc(NC6CCC(=O)NC6=O)cc5)CC4)c3)cc1C(c1ccc(Cl)cc1)=NC21CC1.Cl.O=C1CCC(Nc2ccc(N3CCNCC3)cc2)C(=O)N1. The minimum atomic E-state index is -0.366. The first-order valence-electron chi connectivity index (χ1n) is 39.8. The van der Waals surface area contributed by atoms with Crippen molar-refractivity contribution in [3.8, 4) is 33.6 Å². The predicted molar refractivity (Wildman–Crippen MR) is 447 cm³/mol. The molecule has 6 aromatic carbocycles. The fourth-order valence-electron chi connectivity index (χ4n) is 16.0. The number of aldehydes is 1. The number of carbonyl (C=O) groups is 5. The minimum Gasteiger partial charge on any atom is -0.374 e. The number of unbranched alkanes of at least 4 members (excludes halogenated alkanes) is 6. The van der Waals surface area contributed by atoms with E-state index in [0.29, 0.717) is 42.1 Å². The molecule has 114 heavy (non-hydrogen) atoms. The molecule has 18 rings (SSSR count). The number of hydrogen-bond donors (Lipinski definition) is 5. The highest BCUT2D eigenvalue weighted by Crippen LogP contribution is 2.53. The number of anilines is 4. The van der Waals surface area contributed by atoms with Gasteiger partial charge in [-0.05, 0) is 193 Å². The molecule has 0 bridgehead atoms. The number of aryl methyl sites for hydroxylation is 4. The van der Waals surface area contributed by atoms with Crippen molar-refractivity contribution in [2.24, 2.45) is 9.98 Å². The van der Waals surface area contributed by atoms with Crippen molar-refractivity contribution in [3.63, 3.8) is 0 Å². The van der Waals surface area contributed by atoms with E-state index in [1.165, 1.54) is 30.6 Å². The fraction of sp³-hybridized carbons (Fsp3) is 0.384. The van der Waals surface area contributed by atoms with Gasteiger partial charge < -0.3 is 30.5 Å². The molecule has 6 aliphatic heterocycles. The summed E-state index contributed by atoms with van der Waals surface area (Å²) in [6.45, 7) is 15.0. The van der Waals surface area contributed by atoms with Gasteiger partial charge in [-0.15, -0.1) is 32.8 Å². The number of aliphatic imine (C=N–C) groups is 2. The van der Waals surface area contributed by atoms with Crippen LogP contribution >= 0.6 is 35.6 Å². The third-order valence-electron chi connectivity index (χ3n) is 22.7. The summed E-state index contributed by atoms with van der Waals surface area (Å²) in [5.41, 5.74) is 16.1. The Morgan fingerprint density at radius 3 is 1.33 bits per heavy atom. The number of fused-ring (bicyclic) bond motifs is 8. The number of imide groups is 2. The largest absolute Gasteiger partial charge is 0.374 e. The minimum absolute atomic E-state index is 0. The highest BCUT2D eigenvalue weighted by molar-refractivity contribution is 6.31. The fourth-order valence-corrected chi connectivity index (χ4v) is 16.2. The van der Waals surface area contributed by atoms with E-state index < -0.39 is 0 Å². The second-order valence-electron chi connectivity index (χ2n) is 30.6. The Balaban J connectivity index is 0.000000150. The van der Waals surface area contributed by atoms with E-state index in [2.05, 4.69) is 166 Å². The number of aromatic nitrogens is 10. The van der Waals surface area contributed by atoms with E-state index in [1.807, 2.05) is 91.6 Å². The van der Waals surface area contributed by atoms with Gasteiger partial charge in [-0.25, -0.2) is 0 Å². The lowest BCUT2D eigenvalue weighted by Gasteiger charge is -2.36. The Hall–Kier alpha value is -10.7. The summed E-state index contributed by atoms with van der Waals surface area (Å²) >= 11 is 12.5. The van der Waals surface area contributed by atoms with E-state index in [-0.39, 0.29) is 59.2 Å². The van der Waals surface area contributed by atoms with Crippen LogP contribution in [0.15, 0.2) is 168 Å². The Labute approximate surface area is 679 Å². The average molecular weight is 1600 g/mol. The summed E-state index contributed by atoms with van der Waals surface area (Å²) < 4.78 is 8.42. The van der Waals surface area contributed by atoms with Gasteiger partial charge in [0.15, 0.2) is 11.6 Å². The number of rotatable bonds is 23. The molecule has 25 nitrogen and oxygen atoms in total. The van der Waals surface area contributed by atoms with Gasteiger partial charge in [0.05, 0.1) is 35.2 Å². The molecule has 2 saturated carbocycles. The van der Waals surface area contributed by atoms with Crippen LogP contribution in [0.5, 0.6) is 0 Å². The number of nitrogens with one attached hydrogen (secondary N) is 5. The van der Waals surface area contributed by atoms with Gasteiger partial charge >= 0.3 is 0 Å². The number of piperazine rings is 2. The molecule has 10 heterocycles. The Morgan fingerprint density at radius 1 is 0.482 bits per heavy atom. The number of nitrogens with zero attached hydrogens (tertiary/aromatic N) is 15. The second kappa shape index (κ2) is 35.0. The molecule has 590 valence electrons. The molecule has 8 aliphatic rings. The quantitative estimate of drug-likeness (QED) is 0.0226. The molecule has 6 fully saturated rings. The van der Waals surface area contributed by atoms with Crippen molar-refractivity contribution in [2.45, 2.75) is 153 Å². The van der Waals surface area contributed by atoms with E-state index in [9.17, 15) is 24.0 Å². The van der Waals surface area contributed by atoms with Crippen molar-refractivity contribution in [1.82, 2.24) is 69.9 Å². The molecule has 0 radical (unpaired) electrons. The molecule has 28 heteroatoms. The van der Waals surface area contributed by atoms with Crippen molar-refractivity contribution in [3.05, 3.63) is 214 Å². The molecule has 10 aromatic rings. The highest BCUT2D eigenvalue weighted by Gasteiger charge is 2.52. The maximum atomic E-state index is 12.1. The molecular formula is C86H95Cl3N20O5. The number of halogens is 3. The zero-order valence-electron chi connectivity index (χ0n) is 64.2. The van der Waals surface area contributed by atoms with Crippen LogP contribution in [0.4, 0.5) is 22.7 Å². The van der Waals surface area contributed by atoms with Crippen molar-refractivity contribution >= 4 is 99.7 Å². The molecule has 2 atom stereocenters. The summed E-state index contributed by atoms with van der Waals surface area (Å²) in [6, 6.07) is 44.7. The first kappa shape index (κ1) is 78.6. The van der Waals surface area contributed by atoms with Gasteiger partial charge in [-0.2, -0.15) is 10.2 Å². The lowest BCUT2D eigenvalue weighted by atomic mass is 9.96. The molecular weight excluding hydrogens is 1500 g/mol. The zero-order valence-corrected chi connectivity index (χ0v) is 66.6. The maximum absolute atomic E-state index is 12.1. The summed E-state index contributed by atoms with van der Waals surface area (Å²) in [5, 5.41) is 43.3. The highest BCUT2D eigenvalue weighted by atomic mass is 35.5. The van der Waals surface area contributed by atoms with E-state index in [0.717, 1.165) is 232 Å². The summed E-state index contributed by atoms with van der Waals surface area (Å²) in [6.07, 6.45) is 23.1. The molecule has 2 spiro atoms. The van der Waals surface area contributed by atoms with Gasteiger partial charge in [0, 0.05) is 163 Å². The molecule has 4 saturated heterocycles. The van der Waals surface area contributed by atoms with Crippen LogP contribution in [0.25, 0.3) is 33.6 Å². The van der Waals surface area contributed by atoms with Crippen LogP contribution in [-0.4, -0.2) is 166 Å². The Kier molecular flexibility index (Phi) is 24.1. The number of hydrogen-bond acceptors (Lipinski definition) is 19. The monoisotopic (exact) mass is 1590 g/mol. The summed E-state index contributed by atoms with van der Waals surface area (Å²) in [7, 11) is 0. The van der Waals surface area contributed by atoms with Crippen molar-refractivity contribution < 1.29 is 24.0 Å². The van der Waals surface area contributed by atoms with Crippen LogP contribution in [0.2, 0.25) is 10.0 Å². The third-order valence-corrected chi connectivity index (χ3v) is 23.2. The standard InChI is InChI=1S/C43H47ClN10O2.C28H27ClN6O.C15H20N4O2.ClH/c1-29-49-50-42-43(18-19-43)48-40(30-6-9-33(44)10-7-30)36-26-31(8-16-38(36)54(29)42)32-27-45-53(28-32)21-5-3-2-4-20-51-22-24-52(25-23-51)35-13-11-34(12-14-35)46-37-15-17-39(55)47-41(37)56;1-19-32-33-27-28(12-13-28)31-26(20-6-9-23(29)10-7-20)24-16-21(8-11-25(24)35(19)27)22-17-30-34(18-22)14-4-2-3-5-15-36;20-14-6-5-13(15(21)18-14)17-11-1-3-12(4-2-11)19-9-7-16-8-10-19;/h6-14,16,26-28,37,46H,2-5,15,17-25H2,1H3,(H,47,55,56);6-11,15-18H,2-5,12-14H2,1H3;1-4,13,16-17H,5-10H2,(H,18,20,21);1H. The van der Waals surface area contributed by atoms with E-state index in [4.69, 9.17) is 38.3 Å². The second-order valence-corrected chi connectivity index (χ2v) is 31.5. The van der Waals surface area contributed by atoms with E-state index in [1.54, 1.807) is 0 Å². The van der Waals surface area contributed by atoms with Crippen LogP contribution in [-0.2, 0) is 48.1 Å². The molecule has 4 aromatic heterocycles. The van der Waals surface area contributed by atoms with Crippen molar-refractivity contribution in [1.29, 1.82) is 0 Å². The molecule has 2 aliphatic carbocycles. The predicted octanol–water partition coefficient (Wildman–Crippen LogP) is 13.0. The number of benzene rings is 6. The van der Waals surface area contributed by atoms with Gasteiger partial charge in [0.2, 0.25) is 23.6 Å². The molecule has 4 amide bonds. The number of piperidine rings is 2. The van der Waals surface area contributed by atoms with Crippen molar-refractivity contribution in [2.75, 3.05) is 79.3 Å². The summed E-state index contributed by atoms with van der Waals surface area (Å²) in [4.78, 5) is 74.9. The zero-order chi connectivity index (χ0) is 77.6. The molecule has 2 unspecified atom stereocenters.